The molecule has 0 unspecified atom stereocenters. The monoisotopic (exact) mass is 180 g/mol. The zero-order valence-corrected chi connectivity index (χ0v) is 8.46. The lowest BCUT2D eigenvalue weighted by Crippen LogP contribution is -1.84. The molecule has 0 N–H and O–H groups in total. The first-order valence-electron chi connectivity index (χ1n) is 4.98. The van der Waals surface area contributed by atoms with Crippen molar-refractivity contribution < 1.29 is 0 Å². The molecular weight excluding hydrogens is 168 g/mol. The second-order valence-corrected chi connectivity index (χ2v) is 4.03. The van der Waals surface area contributed by atoms with Crippen LogP contribution in [0.5, 0.6) is 0 Å². The first kappa shape index (κ1) is 7.81. The Hall–Kier alpha value is -1.56. The van der Waals surface area contributed by atoms with Crippen molar-refractivity contribution in [3.8, 4) is 0 Å². The molecule has 14 heavy (non-hydrogen) atoms. The third kappa shape index (κ3) is 0.832. The third-order valence-electron chi connectivity index (χ3n) is 3.05. The fraction of sp³-hybridized carbons (Fsp3) is 0.143. The molecule has 2 aromatic rings. The van der Waals surface area contributed by atoms with Crippen molar-refractivity contribution in [3.05, 3.63) is 47.0 Å². The van der Waals surface area contributed by atoms with E-state index in [9.17, 15) is 0 Å². The average molecular weight is 180 g/mol. The van der Waals surface area contributed by atoms with Crippen LogP contribution in [0.2, 0.25) is 0 Å². The van der Waals surface area contributed by atoms with Gasteiger partial charge in [-0.3, -0.25) is 0 Å². The lowest BCUT2D eigenvalue weighted by atomic mass is 9.98. The highest BCUT2D eigenvalue weighted by Gasteiger charge is 2.14. The highest BCUT2D eigenvalue weighted by atomic mass is 14.2. The van der Waals surface area contributed by atoms with E-state index in [1.807, 2.05) is 0 Å². The normalized spacial score (nSPS) is 13.4. The van der Waals surface area contributed by atoms with Crippen molar-refractivity contribution >= 4 is 22.4 Å². The summed E-state index contributed by atoms with van der Waals surface area (Å²) in [5, 5.41) is 2.79. The molecule has 0 atom stereocenters. The molecule has 0 spiro atoms. The van der Waals surface area contributed by atoms with Crippen LogP contribution in [-0.4, -0.2) is 0 Å². The molecule has 0 amide bonds. The van der Waals surface area contributed by atoms with E-state index in [2.05, 4.69) is 50.3 Å². The Balaban J connectivity index is 2.60. The molecule has 3 rings (SSSR count). The zero-order chi connectivity index (χ0) is 9.71. The molecule has 0 heterocycles. The predicted molar refractivity (Wildman–Crippen MR) is 62.2 cm³/mol. The maximum atomic E-state index is 2.28. The maximum Gasteiger partial charge on any atom is -0.00334 e. The van der Waals surface area contributed by atoms with Crippen molar-refractivity contribution in [3.63, 3.8) is 0 Å². The molecule has 1 aliphatic carbocycles. The summed E-state index contributed by atoms with van der Waals surface area (Å²) in [6.45, 7) is 4.38. The van der Waals surface area contributed by atoms with Crippen LogP contribution in [0.15, 0.2) is 30.3 Å². The van der Waals surface area contributed by atoms with Gasteiger partial charge in [0, 0.05) is 0 Å². The number of aryl methyl sites for hydroxylation is 1. The van der Waals surface area contributed by atoms with Gasteiger partial charge in [-0.1, -0.05) is 36.4 Å². The van der Waals surface area contributed by atoms with Crippen molar-refractivity contribution in [2.24, 2.45) is 0 Å². The SMILES string of the molecule is CC1=Cc2cccc3ccc(C)c1c23. The van der Waals surface area contributed by atoms with Gasteiger partial charge in [0.25, 0.3) is 0 Å². The van der Waals surface area contributed by atoms with Crippen LogP contribution >= 0.6 is 0 Å². The number of hydrogen-bond donors (Lipinski definition) is 0. The van der Waals surface area contributed by atoms with Gasteiger partial charge in [-0.2, -0.15) is 0 Å². The second-order valence-electron chi connectivity index (χ2n) is 4.03. The van der Waals surface area contributed by atoms with Crippen molar-refractivity contribution in [1.82, 2.24) is 0 Å². The Morgan fingerprint density at radius 1 is 0.929 bits per heavy atom. The Morgan fingerprint density at radius 2 is 1.79 bits per heavy atom. The maximum absolute atomic E-state index is 2.28. The summed E-state index contributed by atoms with van der Waals surface area (Å²) >= 11 is 0. The van der Waals surface area contributed by atoms with Gasteiger partial charge in [0.05, 0.1) is 0 Å². The smallest absolute Gasteiger partial charge is 0.00334 e. The summed E-state index contributed by atoms with van der Waals surface area (Å²) in [7, 11) is 0. The Morgan fingerprint density at radius 3 is 2.64 bits per heavy atom. The largest absolute Gasteiger partial charge is 0.0610 e. The van der Waals surface area contributed by atoms with Crippen LogP contribution in [0.25, 0.3) is 22.4 Å². The predicted octanol–water partition coefficient (Wildman–Crippen LogP) is 4.02. The number of hydrogen-bond acceptors (Lipinski definition) is 0. The minimum absolute atomic E-state index is 1.36. The molecule has 0 bridgehead atoms. The fourth-order valence-corrected chi connectivity index (χ4v) is 2.45. The number of rotatable bonds is 0. The van der Waals surface area contributed by atoms with Crippen LogP contribution in [-0.2, 0) is 0 Å². The van der Waals surface area contributed by atoms with Gasteiger partial charge < -0.3 is 0 Å². The van der Waals surface area contributed by atoms with Gasteiger partial charge in [0.1, 0.15) is 0 Å². The van der Waals surface area contributed by atoms with E-state index in [4.69, 9.17) is 0 Å². The first-order chi connectivity index (χ1) is 6.77. The molecule has 0 aliphatic heterocycles. The standard InChI is InChI=1S/C14H12/c1-9-6-7-11-4-3-5-12-8-10(2)13(9)14(11)12/h3-8H,1-2H3. The van der Waals surface area contributed by atoms with Crippen molar-refractivity contribution in [2.75, 3.05) is 0 Å². The first-order valence-corrected chi connectivity index (χ1v) is 4.98. The molecule has 0 fully saturated rings. The highest BCUT2D eigenvalue weighted by Crippen LogP contribution is 2.37. The average Bonchev–Trinajstić information content (AvgIpc) is 2.51. The van der Waals surface area contributed by atoms with Crippen LogP contribution in [0.1, 0.15) is 23.6 Å². The van der Waals surface area contributed by atoms with Crippen LogP contribution in [0.4, 0.5) is 0 Å². The lowest BCUT2D eigenvalue weighted by Gasteiger charge is -2.06. The topological polar surface area (TPSA) is 0 Å². The lowest BCUT2D eigenvalue weighted by molar-refractivity contribution is 1.46. The van der Waals surface area contributed by atoms with E-state index in [0.29, 0.717) is 0 Å². The van der Waals surface area contributed by atoms with Gasteiger partial charge in [-0.15, -0.1) is 0 Å². The van der Waals surface area contributed by atoms with Gasteiger partial charge in [0.15, 0.2) is 0 Å². The second kappa shape index (κ2) is 2.48. The van der Waals surface area contributed by atoms with E-state index >= 15 is 0 Å². The quantitative estimate of drug-likeness (QED) is 0.574. The van der Waals surface area contributed by atoms with Gasteiger partial charge in [-0.25, -0.2) is 0 Å². The molecule has 1 aliphatic rings. The molecule has 0 nitrogen and oxygen atoms in total. The molecule has 0 heteroatoms. The fourth-order valence-electron chi connectivity index (χ4n) is 2.45. The van der Waals surface area contributed by atoms with Crippen LogP contribution in [0.3, 0.4) is 0 Å². The molecule has 0 saturated carbocycles. The summed E-state index contributed by atoms with van der Waals surface area (Å²) in [5.41, 5.74) is 5.60. The van der Waals surface area contributed by atoms with Crippen molar-refractivity contribution in [1.29, 1.82) is 0 Å². The van der Waals surface area contributed by atoms with Gasteiger partial charge in [0.2, 0.25) is 0 Å². The summed E-state index contributed by atoms with van der Waals surface area (Å²) in [4.78, 5) is 0. The Labute approximate surface area is 83.9 Å². The molecule has 68 valence electrons. The van der Waals surface area contributed by atoms with E-state index in [1.165, 1.54) is 33.0 Å². The molecule has 2 aromatic carbocycles. The summed E-state index contributed by atoms with van der Waals surface area (Å²) < 4.78 is 0. The third-order valence-corrected chi connectivity index (χ3v) is 3.05. The molecular formula is C14H12. The van der Waals surface area contributed by atoms with E-state index in [0.717, 1.165) is 0 Å². The Bertz CT molecular complexity index is 560. The highest BCUT2D eigenvalue weighted by molar-refractivity contribution is 6.09. The van der Waals surface area contributed by atoms with E-state index < -0.39 is 0 Å². The van der Waals surface area contributed by atoms with Crippen LogP contribution < -0.4 is 0 Å². The molecule has 0 saturated heterocycles. The van der Waals surface area contributed by atoms with Gasteiger partial charge >= 0.3 is 0 Å². The number of benzene rings is 2. The summed E-state index contributed by atoms with van der Waals surface area (Å²) in [5.74, 6) is 0. The van der Waals surface area contributed by atoms with Gasteiger partial charge in [-0.05, 0) is 46.9 Å². The zero-order valence-electron chi connectivity index (χ0n) is 8.46. The summed E-state index contributed by atoms with van der Waals surface area (Å²) in [6.07, 6.45) is 2.28. The number of allylic oxidation sites excluding steroid dienone is 1. The molecule has 0 aromatic heterocycles. The van der Waals surface area contributed by atoms with Crippen LogP contribution in [0, 0.1) is 6.92 Å². The van der Waals surface area contributed by atoms with E-state index in [-0.39, 0.29) is 0 Å². The van der Waals surface area contributed by atoms with Crippen molar-refractivity contribution in [2.45, 2.75) is 13.8 Å². The minimum Gasteiger partial charge on any atom is -0.0610 e. The van der Waals surface area contributed by atoms with E-state index in [1.54, 1.807) is 0 Å². The minimum atomic E-state index is 1.36. The Kier molecular flexibility index (Phi) is 1.38. The molecule has 0 radical (unpaired) electrons. The summed E-state index contributed by atoms with van der Waals surface area (Å²) in [6, 6.07) is 10.9.